The lowest BCUT2D eigenvalue weighted by Crippen LogP contribution is -2.57. The van der Waals surface area contributed by atoms with Gasteiger partial charge in [0, 0.05) is 6.54 Å². The molecule has 3 rings (SSSR count). The summed E-state index contributed by atoms with van der Waals surface area (Å²) < 4.78 is 13.4. The molecule has 1 fully saturated rings. The van der Waals surface area contributed by atoms with Gasteiger partial charge in [-0.1, -0.05) is 12.1 Å². The fraction of sp³-hybridized carbons (Fsp3) is 0.267. The molecule has 0 saturated carbocycles. The van der Waals surface area contributed by atoms with E-state index < -0.39 is 11.9 Å². The molecule has 1 unspecified atom stereocenters. The standard InChI is InChI=1S/C15H14FN3O2S/c1-8-18-12(15(21)19-6-5-11(19)14(17)20)13(22-8)9-3-2-4-10(16)7-9/h2-4,7,11H,5-6H2,1H3,(H2,17,20). The van der Waals surface area contributed by atoms with Gasteiger partial charge in [0.1, 0.15) is 17.6 Å². The molecular weight excluding hydrogens is 305 g/mol. The number of primary amides is 1. The molecule has 1 aliphatic heterocycles. The number of carbonyl (C=O) groups excluding carboxylic acids is 2. The highest BCUT2D eigenvalue weighted by Gasteiger charge is 2.38. The number of hydrogen-bond acceptors (Lipinski definition) is 4. The van der Waals surface area contributed by atoms with Gasteiger partial charge in [0.15, 0.2) is 0 Å². The van der Waals surface area contributed by atoms with Crippen LogP contribution in [0.15, 0.2) is 24.3 Å². The molecule has 0 bridgehead atoms. The summed E-state index contributed by atoms with van der Waals surface area (Å²) >= 11 is 1.32. The number of halogens is 1. The normalized spacial score (nSPS) is 17.2. The number of rotatable bonds is 3. The van der Waals surface area contributed by atoms with E-state index in [1.807, 2.05) is 0 Å². The Bertz CT molecular complexity index is 759. The van der Waals surface area contributed by atoms with Crippen LogP contribution < -0.4 is 5.73 Å². The number of likely N-dealkylation sites (tertiary alicyclic amines) is 1. The van der Waals surface area contributed by atoms with Crippen LogP contribution in [0.25, 0.3) is 10.4 Å². The first-order chi connectivity index (χ1) is 10.5. The monoisotopic (exact) mass is 319 g/mol. The van der Waals surface area contributed by atoms with Crippen molar-refractivity contribution in [3.8, 4) is 10.4 Å². The minimum Gasteiger partial charge on any atom is -0.368 e. The average molecular weight is 319 g/mol. The number of amides is 2. The van der Waals surface area contributed by atoms with Crippen molar-refractivity contribution in [3.05, 3.63) is 40.8 Å². The number of benzene rings is 1. The van der Waals surface area contributed by atoms with Crippen LogP contribution in [0.3, 0.4) is 0 Å². The number of nitrogens with zero attached hydrogens (tertiary/aromatic N) is 2. The van der Waals surface area contributed by atoms with Crippen molar-refractivity contribution >= 4 is 23.2 Å². The number of aromatic nitrogens is 1. The molecule has 1 aromatic carbocycles. The quantitative estimate of drug-likeness (QED) is 0.939. The van der Waals surface area contributed by atoms with E-state index in [-0.39, 0.29) is 17.4 Å². The van der Waals surface area contributed by atoms with Crippen LogP contribution in [0.5, 0.6) is 0 Å². The Kier molecular flexibility index (Phi) is 3.66. The third-order valence-corrected chi connectivity index (χ3v) is 4.65. The summed E-state index contributed by atoms with van der Waals surface area (Å²) in [4.78, 5) is 30.2. The molecule has 1 saturated heterocycles. The van der Waals surface area contributed by atoms with Crippen molar-refractivity contribution in [2.24, 2.45) is 5.73 Å². The molecule has 7 heteroatoms. The summed E-state index contributed by atoms with van der Waals surface area (Å²) in [6.07, 6.45) is 0.569. The average Bonchev–Trinajstić information content (AvgIpc) is 2.79. The minimum atomic E-state index is -0.574. The fourth-order valence-electron chi connectivity index (χ4n) is 2.46. The maximum Gasteiger partial charge on any atom is 0.274 e. The number of carbonyl (C=O) groups is 2. The summed E-state index contributed by atoms with van der Waals surface area (Å²) in [6, 6.07) is 5.45. The van der Waals surface area contributed by atoms with Crippen LogP contribution in [0.1, 0.15) is 21.9 Å². The molecule has 0 radical (unpaired) electrons. The summed E-state index contributed by atoms with van der Waals surface area (Å²) in [5.41, 5.74) is 6.13. The van der Waals surface area contributed by atoms with Crippen LogP contribution in [0.2, 0.25) is 0 Å². The predicted molar refractivity (Wildman–Crippen MR) is 80.9 cm³/mol. The van der Waals surface area contributed by atoms with Gasteiger partial charge in [-0.05, 0) is 31.0 Å². The molecule has 22 heavy (non-hydrogen) atoms. The number of thiazole rings is 1. The van der Waals surface area contributed by atoms with Crippen LogP contribution in [-0.4, -0.2) is 34.3 Å². The predicted octanol–water partition coefficient (Wildman–Crippen LogP) is 1.96. The highest BCUT2D eigenvalue weighted by Crippen LogP contribution is 2.33. The highest BCUT2D eigenvalue weighted by molar-refractivity contribution is 7.15. The fourth-order valence-corrected chi connectivity index (χ4v) is 3.37. The van der Waals surface area contributed by atoms with Gasteiger partial charge in [-0.2, -0.15) is 0 Å². The zero-order valence-corrected chi connectivity index (χ0v) is 12.7. The summed E-state index contributed by atoms with van der Waals surface area (Å²) in [6.45, 7) is 2.26. The van der Waals surface area contributed by atoms with Gasteiger partial charge in [0.25, 0.3) is 5.91 Å². The molecule has 2 N–H and O–H groups in total. The van der Waals surface area contributed by atoms with Gasteiger partial charge >= 0.3 is 0 Å². The lowest BCUT2D eigenvalue weighted by molar-refractivity contribution is -0.125. The molecule has 5 nitrogen and oxygen atoms in total. The molecule has 2 heterocycles. The minimum absolute atomic E-state index is 0.249. The maximum atomic E-state index is 13.4. The lowest BCUT2D eigenvalue weighted by Gasteiger charge is -2.38. The van der Waals surface area contributed by atoms with Gasteiger partial charge in [-0.15, -0.1) is 11.3 Å². The van der Waals surface area contributed by atoms with Crippen molar-refractivity contribution in [2.75, 3.05) is 6.54 Å². The Morgan fingerprint density at radius 1 is 1.45 bits per heavy atom. The Labute approximate surface area is 130 Å². The van der Waals surface area contributed by atoms with Gasteiger partial charge in [-0.25, -0.2) is 9.37 Å². The molecule has 2 amide bonds. The van der Waals surface area contributed by atoms with E-state index in [2.05, 4.69) is 4.98 Å². The van der Waals surface area contributed by atoms with E-state index in [0.29, 0.717) is 28.4 Å². The van der Waals surface area contributed by atoms with E-state index in [0.717, 1.165) is 0 Å². The summed E-state index contributed by atoms with van der Waals surface area (Å²) in [7, 11) is 0. The van der Waals surface area contributed by atoms with Crippen LogP contribution >= 0.6 is 11.3 Å². The number of nitrogens with two attached hydrogens (primary N) is 1. The largest absolute Gasteiger partial charge is 0.368 e. The van der Waals surface area contributed by atoms with E-state index in [1.54, 1.807) is 19.1 Å². The summed E-state index contributed by atoms with van der Waals surface area (Å²) in [5, 5.41) is 0.707. The molecule has 114 valence electrons. The maximum absolute atomic E-state index is 13.4. The Morgan fingerprint density at radius 3 is 2.82 bits per heavy atom. The SMILES string of the molecule is Cc1nc(C(=O)N2CCC2C(N)=O)c(-c2cccc(F)c2)s1. The zero-order chi connectivity index (χ0) is 15.9. The van der Waals surface area contributed by atoms with Crippen LogP contribution in [0.4, 0.5) is 4.39 Å². The van der Waals surface area contributed by atoms with Gasteiger partial charge in [0.05, 0.1) is 9.88 Å². The molecule has 1 atom stereocenters. The summed E-state index contributed by atoms with van der Waals surface area (Å²) in [5.74, 6) is -1.22. The topological polar surface area (TPSA) is 76.3 Å². The lowest BCUT2D eigenvalue weighted by atomic mass is 10.0. The Balaban J connectivity index is 1.98. The Morgan fingerprint density at radius 2 is 2.23 bits per heavy atom. The molecule has 2 aromatic rings. The third-order valence-electron chi connectivity index (χ3n) is 3.63. The molecule has 0 spiro atoms. The molecular formula is C15H14FN3O2S. The van der Waals surface area contributed by atoms with Crippen molar-refractivity contribution in [2.45, 2.75) is 19.4 Å². The van der Waals surface area contributed by atoms with Gasteiger partial charge in [-0.3, -0.25) is 9.59 Å². The second-order valence-electron chi connectivity index (χ2n) is 5.13. The zero-order valence-electron chi connectivity index (χ0n) is 11.9. The number of aryl methyl sites for hydroxylation is 1. The van der Waals surface area contributed by atoms with Crippen molar-refractivity contribution in [1.29, 1.82) is 0 Å². The van der Waals surface area contributed by atoms with E-state index in [9.17, 15) is 14.0 Å². The van der Waals surface area contributed by atoms with Crippen molar-refractivity contribution in [1.82, 2.24) is 9.88 Å². The first-order valence-corrected chi connectivity index (χ1v) is 7.62. The van der Waals surface area contributed by atoms with E-state index >= 15 is 0 Å². The smallest absolute Gasteiger partial charge is 0.274 e. The highest BCUT2D eigenvalue weighted by atomic mass is 32.1. The third kappa shape index (κ3) is 2.48. The first kappa shape index (κ1) is 14.6. The van der Waals surface area contributed by atoms with Crippen LogP contribution in [0, 0.1) is 12.7 Å². The van der Waals surface area contributed by atoms with E-state index in [4.69, 9.17) is 5.73 Å². The van der Waals surface area contributed by atoms with Crippen LogP contribution in [-0.2, 0) is 4.79 Å². The van der Waals surface area contributed by atoms with E-state index in [1.165, 1.54) is 28.4 Å². The second kappa shape index (κ2) is 5.49. The molecule has 1 aromatic heterocycles. The van der Waals surface area contributed by atoms with Crippen molar-refractivity contribution in [3.63, 3.8) is 0 Å². The Hall–Kier alpha value is -2.28. The number of hydrogen-bond donors (Lipinski definition) is 1. The van der Waals surface area contributed by atoms with Crippen molar-refractivity contribution < 1.29 is 14.0 Å². The second-order valence-corrected chi connectivity index (χ2v) is 6.33. The first-order valence-electron chi connectivity index (χ1n) is 6.81. The van der Waals surface area contributed by atoms with Gasteiger partial charge < -0.3 is 10.6 Å². The molecule has 1 aliphatic rings. The van der Waals surface area contributed by atoms with Gasteiger partial charge in [0.2, 0.25) is 5.91 Å². The molecule has 0 aliphatic carbocycles.